The summed E-state index contributed by atoms with van der Waals surface area (Å²) in [4.78, 5) is 0. The van der Waals surface area contributed by atoms with Crippen LogP contribution in [0.15, 0.2) is 36.9 Å². The average molecular weight is 149 g/mol. The zero-order chi connectivity index (χ0) is 8.10. The van der Waals surface area contributed by atoms with E-state index < -0.39 is 0 Å². The van der Waals surface area contributed by atoms with Gasteiger partial charge in [-0.05, 0) is 24.3 Å². The number of rotatable bonds is 3. The molecule has 2 nitrogen and oxygen atoms in total. The molecule has 0 aliphatic heterocycles. The van der Waals surface area contributed by atoms with Crippen LogP contribution in [0.3, 0.4) is 0 Å². The molecule has 0 atom stereocenters. The molecule has 0 saturated heterocycles. The maximum atomic E-state index is 5.48. The minimum atomic E-state index is 0.532. The van der Waals surface area contributed by atoms with Gasteiger partial charge in [-0.2, -0.15) is 0 Å². The van der Waals surface area contributed by atoms with Gasteiger partial charge in [0.15, 0.2) is 0 Å². The third-order valence-corrected chi connectivity index (χ3v) is 1.25. The van der Waals surface area contributed by atoms with Gasteiger partial charge >= 0.3 is 0 Å². The highest BCUT2D eigenvalue weighted by Crippen LogP contribution is 2.12. The predicted octanol–water partition coefficient (Wildman–Crippen LogP) is 1.83. The Hall–Kier alpha value is -1.44. The molecule has 0 amide bonds. The lowest BCUT2D eigenvalue weighted by atomic mass is 10.3. The normalized spacial score (nSPS) is 9.09. The summed E-state index contributed by atoms with van der Waals surface area (Å²) in [6, 6.07) is 7.27. The second-order valence-electron chi connectivity index (χ2n) is 2.17. The quantitative estimate of drug-likeness (QED) is 0.525. The first-order chi connectivity index (χ1) is 5.33. The van der Waals surface area contributed by atoms with Gasteiger partial charge < -0.3 is 10.5 Å². The lowest BCUT2D eigenvalue weighted by molar-refractivity contribution is 0.363. The molecule has 0 unspecified atom stereocenters. The molecule has 11 heavy (non-hydrogen) atoms. The van der Waals surface area contributed by atoms with E-state index in [2.05, 4.69) is 6.58 Å². The molecule has 0 aliphatic rings. The predicted molar refractivity (Wildman–Crippen MR) is 46.5 cm³/mol. The van der Waals surface area contributed by atoms with Crippen molar-refractivity contribution in [3.8, 4) is 5.75 Å². The minimum Gasteiger partial charge on any atom is -0.490 e. The van der Waals surface area contributed by atoms with Gasteiger partial charge in [0.1, 0.15) is 12.4 Å². The summed E-state index contributed by atoms with van der Waals surface area (Å²) in [5, 5.41) is 0. The molecule has 1 aromatic rings. The van der Waals surface area contributed by atoms with Crippen molar-refractivity contribution in [2.45, 2.75) is 0 Å². The van der Waals surface area contributed by atoms with Crippen molar-refractivity contribution in [3.05, 3.63) is 36.9 Å². The van der Waals surface area contributed by atoms with E-state index in [1.54, 1.807) is 18.2 Å². The van der Waals surface area contributed by atoms with E-state index in [1.807, 2.05) is 12.1 Å². The highest BCUT2D eigenvalue weighted by Gasteiger charge is 1.89. The summed E-state index contributed by atoms with van der Waals surface area (Å²) in [7, 11) is 0. The fourth-order valence-corrected chi connectivity index (χ4v) is 0.719. The van der Waals surface area contributed by atoms with Crippen molar-refractivity contribution in [2.75, 3.05) is 12.3 Å². The van der Waals surface area contributed by atoms with Crippen molar-refractivity contribution in [3.63, 3.8) is 0 Å². The second kappa shape index (κ2) is 3.66. The third kappa shape index (κ3) is 2.34. The lowest BCUT2D eigenvalue weighted by Crippen LogP contribution is -1.92. The number of benzene rings is 1. The van der Waals surface area contributed by atoms with Crippen molar-refractivity contribution >= 4 is 5.69 Å². The Morgan fingerprint density at radius 1 is 1.36 bits per heavy atom. The molecule has 0 radical (unpaired) electrons. The van der Waals surface area contributed by atoms with Gasteiger partial charge in [-0.25, -0.2) is 0 Å². The Labute approximate surface area is 66.3 Å². The van der Waals surface area contributed by atoms with E-state index in [0.717, 1.165) is 11.4 Å². The monoisotopic (exact) mass is 149 g/mol. The van der Waals surface area contributed by atoms with Crippen LogP contribution in [0.5, 0.6) is 5.75 Å². The van der Waals surface area contributed by atoms with Crippen molar-refractivity contribution in [1.82, 2.24) is 0 Å². The van der Waals surface area contributed by atoms with Gasteiger partial charge in [0.25, 0.3) is 0 Å². The van der Waals surface area contributed by atoms with Crippen LogP contribution >= 0.6 is 0 Å². The summed E-state index contributed by atoms with van der Waals surface area (Å²) in [5.41, 5.74) is 6.23. The van der Waals surface area contributed by atoms with Gasteiger partial charge in [-0.15, -0.1) is 0 Å². The Bertz CT molecular complexity index is 228. The van der Waals surface area contributed by atoms with Crippen molar-refractivity contribution in [1.29, 1.82) is 0 Å². The minimum absolute atomic E-state index is 0.532. The molecule has 0 bridgehead atoms. The standard InChI is InChI=1S/C9H11NO/c1-2-7-11-9-5-3-8(10)4-6-9/h2-6H,1,7,10H2. The first-order valence-electron chi connectivity index (χ1n) is 3.42. The maximum absolute atomic E-state index is 5.48. The highest BCUT2D eigenvalue weighted by molar-refractivity contribution is 5.41. The molecule has 1 aromatic carbocycles. The zero-order valence-electron chi connectivity index (χ0n) is 6.29. The van der Waals surface area contributed by atoms with Crippen LogP contribution in [0.25, 0.3) is 0 Å². The van der Waals surface area contributed by atoms with Crippen LogP contribution in [0.2, 0.25) is 0 Å². The van der Waals surface area contributed by atoms with E-state index in [1.165, 1.54) is 0 Å². The second-order valence-corrected chi connectivity index (χ2v) is 2.17. The van der Waals surface area contributed by atoms with E-state index in [0.29, 0.717) is 6.61 Å². The van der Waals surface area contributed by atoms with Gasteiger partial charge in [-0.3, -0.25) is 0 Å². The molecule has 2 N–H and O–H groups in total. The van der Waals surface area contributed by atoms with E-state index in [9.17, 15) is 0 Å². The van der Waals surface area contributed by atoms with Crippen LogP contribution < -0.4 is 10.5 Å². The van der Waals surface area contributed by atoms with Gasteiger partial charge in [0, 0.05) is 5.69 Å². The van der Waals surface area contributed by atoms with Crippen molar-refractivity contribution in [2.24, 2.45) is 0 Å². The van der Waals surface area contributed by atoms with Gasteiger partial charge in [0.05, 0.1) is 0 Å². The molecular formula is C9H11NO. The van der Waals surface area contributed by atoms with Crippen molar-refractivity contribution < 1.29 is 4.74 Å². The first-order valence-corrected chi connectivity index (χ1v) is 3.42. The maximum Gasteiger partial charge on any atom is 0.119 e. The van der Waals surface area contributed by atoms with E-state index in [-0.39, 0.29) is 0 Å². The number of hydrogen-bond donors (Lipinski definition) is 1. The summed E-state index contributed by atoms with van der Waals surface area (Å²) in [5.74, 6) is 0.819. The van der Waals surface area contributed by atoms with Crippen LogP contribution in [0.1, 0.15) is 0 Å². The molecule has 0 aliphatic carbocycles. The smallest absolute Gasteiger partial charge is 0.119 e. The van der Waals surface area contributed by atoms with Gasteiger partial charge in [-0.1, -0.05) is 12.7 Å². The molecule has 58 valence electrons. The lowest BCUT2D eigenvalue weighted by Gasteiger charge is -2.01. The Kier molecular flexibility index (Phi) is 2.55. The fourth-order valence-electron chi connectivity index (χ4n) is 0.719. The first kappa shape index (κ1) is 7.66. The molecule has 0 saturated carbocycles. The number of hydrogen-bond acceptors (Lipinski definition) is 2. The zero-order valence-corrected chi connectivity index (χ0v) is 6.29. The number of nitrogens with two attached hydrogens (primary N) is 1. The summed E-state index contributed by atoms with van der Waals surface area (Å²) >= 11 is 0. The molecule has 0 fully saturated rings. The Morgan fingerprint density at radius 2 is 2.00 bits per heavy atom. The van der Waals surface area contributed by atoms with Crippen LogP contribution in [0, 0.1) is 0 Å². The molecule has 0 spiro atoms. The largest absolute Gasteiger partial charge is 0.490 e. The highest BCUT2D eigenvalue weighted by atomic mass is 16.5. The topological polar surface area (TPSA) is 35.2 Å². The number of ether oxygens (including phenoxy) is 1. The third-order valence-electron chi connectivity index (χ3n) is 1.25. The summed E-state index contributed by atoms with van der Waals surface area (Å²) < 4.78 is 5.24. The molecule has 1 rings (SSSR count). The molecular weight excluding hydrogens is 138 g/mol. The summed E-state index contributed by atoms with van der Waals surface area (Å²) in [6.45, 7) is 4.08. The fraction of sp³-hybridized carbons (Fsp3) is 0.111. The average Bonchev–Trinajstić information content (AvgIpc) is 2.04. The van der Waals surface area contributed by atoms with Crippen LogP contribution in [-0.4, -0.2) is 6.61 Å². The van der Waals surface area contributed by atoms with Gasteiger partial charge in [0.2, 0.25) is 0 Å². The molecule has 2 heteroatoms. The van der Waals surface area contributed by atoms with E-state index >= 15 is 0 Å². The Balaban J connectivity index is 2.58. The summed E-state index contributed by atoms with van der Waals surface area (Å²) in [6.07, 6.45) is 1.70. The van der Waals surface area contributed by atoms with Crippen LogP contribution in [-0.2, 0) is 0 Å². The number of nitrogen functional groups attached to an aromatic ring is 1. The van der Waals surface area contributed by atoms with Crippen LogP contribution in [0.4, 0.5) is 5.69 Å². The number of anilines is 1. The molecule has 0 aromatic heterocycles. The Morgan fingerprint density at radius 3 is 2.55 bits per heavy atom. The SMILES string of the molecule is C=CCOc1ccc(N)cc1. The van der Waals surface area contributed by atoms with E-state index in [4.69, 9.17) is 10.5 Å². The molecule has 0 heterocycles.